The second-order valence-electron chi connectivity index (χ2n) is 10.1. The number of hydrogen-bond acceptors (Lipinski definition) is 2. The maximum absolute atomic E-state index is 13.3. The van der Waals surface area contributed by atoms with Crippen molar-refractivity contribution in [2.75, 3.05) is 13.1 Å². The Morgan fingerprint density at radius 1 is 1.00 bits per heavy atom. The van der Waals surface area contributed by atoms with E-state index < -0.39 is 0 Å². The molecule has 1 aromatic heterocycles. The molecule has 5 heteroatoms. The monoisotopic (exact) mass is 425 g/mol. The number of nitrogens with zero attached hydrogens (tertiary/aromatic N) is 3. The standard InChI is InChI=1S/C26H39N3O2/c1-19(2)16-28(17-23-10-9-15-27(23)8)24(30)18-29(20(3)4)25(31)21-11-13-22(14-12-21)26(5,6)7/h9-15,19-20H,16-18H2,1-8H3. The van der Waals surface area contributed by atoms with Gasteiger partial charge in [-0.05, 0) is 55.0 Å². The van der Waals surface area contributed by atoms with Crippen LogP contribution < -0.4 is 0 Å². The maximum Gasteiger partial charge on any atom is 0.254 e. The number of aromatic nitrogens is 1. The summed E-state index contributed by atoms with van der Waals surface area (Å²) in [6.07, 6.45) is 1.98. The third-order valence-electron chi connectivity index (χ3n) is 5.53. The van der Waals surface area contributed by atoms with E-state index in [0.29, 0.717) is 24.6 Å². The van der Waals surface area contributed by atoms with Crippen LogP contribution in [0.5, 0.6) is 0 Å². The van der Waals surface area contributed by atoms with E-state index in [1.165, 1.54) is 5.56 Å². The Hall–Kier alpha value is -2.56. The van der Waals surface area contributed by atoms with Crippen molar-refractivity contribution < 1.29 is 9.59 Å². The summed E-state index contributed by atoms with van der Waals surface area (Å²) >= 11 is 0. The summed E-state index contributed by atoms with van der Waals surface area (Å²) in [4.78, 5) is 30.1. The van der Waals surface area contributed by atoms with Gasteiger partial charge in [-0.2, -0.15) is 0 Å². The molecule has 31 heavy (non-hydrogen) atoms. The topological polar surface area (TPSA) is 45.6 Å². The summed E-state index contributed by atoms with van der Waals surface area (Å²) < 4.78 is 2.03. The largest absolute Gasteiger partial charge is 0.353 e. The van der Waals surface area contributed by atoms with Crippen LogP contribution in [0.1, 0.15) is 70.1 Å². The van der Waals surface area contributed by atoms with Gasteiger partial charge >= 0.3 is 0 Å². The Bertz CT molecular complexity index is 873. The number of aryl methyl sites for hydroxylation is 1. The number of carbonyl (C=O) groups is 2. The van der Waals surface area contributed by atoms with Crippen LogP contribution in [0.15, 0.2) is 42.6 Å². The highest BCUT2D eigenvalue weighted by Crippen LogP contribution is 2.23. The van der Waals surface area contributed by atoms with E-state index in [4.69, 9.17) is 0 Å². The molecule has 0 aliphatic carbocycles. The van der Waals surface area contributed by atoms with Crippen molar-refractivity contribution in [1.29, 1.82) is 0 Å². The molecule has 0 spiro atoms. The summed E-state index contributed by atoms with van der Waals surface area (Å²) in [7, 11) is 1.98. The zero-order valence-electron chi connectivity index (χ0n) is 20.5. The zero-order valence-corrected chi connectivity index (χ0v) is 20.5. The molecule has 170 valence electrons. The van der Waals surface area contributed by atoms with Crippen molar-refractivity contribution >= 4 is 11.8 Å². The summed E-state index contributed by atoms with van der Waals surface area (Å²) in [5.74, 6) is 0.216. The summed E-state index contributed by atoms with van der Waals surface area (Å²) in [5, 5.41) is 0. The fraction of sp³-hybridized carbons (Fsp3) is 0.538. The lowest BCUT2D eigenvalue weighted by atomic mass is 9.86. The molecule has 0 aliphatic rings. The number of benzene rings is 1. The predicted molar refractivity (Wildman–Crippen MR) is 127 cm³/mol. The van der Waals surface area contributed by atoms with Crippen LogP contribution in [-0.4, -0.2) is 45.3 Å². The van der Waals surface area contributed by atoms with Gasteiger partial charge in [-0.3, -0.25) is 9.59 Å². The molecule has 0 atom stereocenters. The first-order chi connectivity index (χ1) is 14.4. The molecule has 0 unspecified atom stereocenters. The van der Waals surface area contributed by atoms with Crippen molar-refractivity contribution in [1.82, 2.24) is 14.4 Å². The average molecular weight is 426 g/mol. The van der Waals surface area contributed by atoms with Crippen LogP contribution in [0, 0.1) is 5.92 Å². The number of carbonyl (C=O) groups excluding carboxylic acids is 2. The van der Waals surface area contributed by atoms with E-state index in [1.54, 1.807) is 4.90 Å². The third kappa shape index (κ3) is 6.71. The van der Waals surface area contributed by atoms with Gasteiger partial charge in [0.2, 0.25) is 5.91 Å². The van der Waals surface area contributed by atoms with E-state index in [2.05, 4.69) is 34.6 Å². The molecule has 1 heterocycles. The molecular weight excluding hydrogens is 386 g/mol. The minimum Gasteiger partial charge on any atom is -0.353 e. The molecule has 0 N–H and O–H groups in total. The second-order valence-corrected chi connectivity index (χ2v) is 10.1. The maximum atomic E-state index is 13.3. The first kappa shape index (κ1) is 24.7. The highest BCUT2D eigenvalue weighted by atomic mass is 16.2. The van der Waals surface area contributed by atoms with Gasteiger partial charge in [0.05, 0.1) is 6.54 Å². The molecule has 2 amide bonds. The Kier molecular flexibility index (Phi) is 8.10. The molecule has 5 nitrogen and oxygen atoms in total. The van der Waals surface area contributed by atoms with Gasteiger partial charge in [0, 0.05) is 37.1 Å². The first-order valence-electron chi connectivity index (χ1n) is 11.2. The van der Waals surface area contributed by atoms with Crippen molar-refractivity contribution in [2.45, 2.75) is 66.5 Å². The number of amides is 2. The van der Waals surface area contributed by atoms with E-state index in [9.17, 15) is 9.59 Å². The number of rotatable bonds is 8. The second kappa shape index (κ2) is 10.2. The Labute approximate surface area is 188 Å². The Morgan fingerprint density at radius 3 is 2.06 bits per heavy atom. The van der Waals surface area contributed by atoms with Crippen molar-refractivity contribution in [3.05, 3.63) is 59.4 Å². The van der Waals surface area contributed by atoms with Crippen LogP contribution in [0.3, 0.4) is 0 Å². The smallest absolute Gasteiger partial charge is 0.254 e. The lowest BCUT2D eigenvalue weighted by Gasteiger charge is -2.31. The zero-order chi connectivity index (χ0) is 23.3. The Balaban J connectivity index is 2.20. The predicted octanol–water partition coefficient (Wildman–Crippen LogP) is 4.86. The lowest BCUT2D eigenvalue weighted by molar-refractivity contribution is -0.133. The number of hydrogen-bond donors (Lipinski definition) is 0. The molecule has 2 rings (SSSR count). The minimum atomic E-state index is -0.104. The van der Waals surface area contributed by atoms with E-state index >= 15 is 0 Å². The van der Waals surface area contributed by atoms with Crippen LogP contribution in [0.2, 0.25) is 0 Å². The van der Waals surface area contributed by atoms with Gasteiger partial charge in [-0.1, -0.05) is 46.8 Å². The van der Waals surface area contributed by atoms with Gasteiger partial charge in [0.1, 0.15) is 6.54 Å². The fourth-order valence-electron chi connectivity index (χ4n) is 3.56. The fourth-order valence-corrected chi connectivity index (χ4v) is 3.56. The van der Waals surface area contributed by atoms with E-state index in [0.717, 1.165) is 5.69 Å². The van der Waals surface area contributed by atoms with Crippen LogP contribution in [0.4, 0.5) is 0 Å². The average Bonchev–Trinajstić information content (AvgIpc) is 3.08. The van der Waals surface area contributed by atoms with Crippen LogP contribution >= 0.6 is 0 Å². The summed E-state index contributed by atoms with van der Waals surface area (Å²) in [6.45, 7) is 15.9. The van der Waals surface area contributed by atoms with Gasteiger partial charge in [-0.25, -0.2) is 0 Å². The highest BCUT2D eigenvalue weighted by Gasteiger charge is 2.25. The minimum absolute atomic E-state index is 0.0248. The normalized spacial score (nSPS) is 11.8. The first-order valence-corrected chi connectivity index (χ1v) is 11.2. The molecule has 0 saturated carbocycles. The Morgan fingerprint density at radius 2 is 1.61 bits per heavy atom. The summed E-state index contributed by atoms with van der Waals surface area (Å²) in [5.41, 5.74) is 2.91. The van der Waals surface area contributed by atoms with Gasteiger partial charge in [0.15, 0.2) is 0 Å². The van der Waals surface area contributed by atoms with Gasteiger partial charge < -0.3 is 14.4 Å². The van der Waals surface area contributed by atoms with Crippen LogP contribution in [0.25, 0.3) is 0 Å². The molecule has 0 aliphatic heterocycles. The van der Waals surface area contributed by atoms with Crippen molar-refractivity contribution in [3.8, 4) is 0 Å². The van der Waals surface area contributed by atoms with E-state index in [1.807, 2.05) is 73.0 Å². The lowest BCUT2D eigenvalue weighted by Crippen LogP contribution is -2.46. The molecule has 0 bridgehead atoms. The third-order valence-corrected chi connectivity index (χ3v) is 5.53. The molecule has 0 fully saturated rings. The molecule has 0 radical (unpaired) electrons. The van der Waals surface area contributed by atoms with E-state index in [-0.39, 0.29) is 29.8 Å². The van der Waals surface area contributed by atoms with Crippen LogP contribution in [-0.2, 0) is 23.8 Å². The summed E-state index contributed by atoms with van der Waals surface area (Å²) in [6, 6.07) is 11.7. The molecule has 1 aromatic carbocycles. The van der Waals surface area contributed by atoms with Crippen molar-refractivity contribution in [2.24, 2.45) is 13.0 Å². The quantitative estimate of drug-likeness (QED) is 0.606. The SMILES string of the molecule is CC(C)CN(Cc1cccn1C)C(=O)CN(C(=O)c1ccc(C(C)(C)C)cc1)C(C)C. The van der Waals surface area contributed by atoms with Gasteiger partial charge in [0.25, 0.3) is 5.91 Å². The van der Waals surface area contributed by atoms with Gasteiger partial charge in [-0.15, -0.1) is 0 Å². The molecule has 2 aromatic rings. The highest BCUT2D eigenvalue weighted by molar-refractivity contribution is 5.96. The molecule has 0 saturated heterocycles. The van der Waals surface area contributed by atoms with Crippen molar-refractivity contribution in [3.63, 3.8) is 0 Å². The molecular formula is C26H39N3O2.